The molecule has 0 saturated carbocycles. The Morgan fingerprint density at radius 3 is 2.86 bits per heavy atom. The van der Waals surface area contributed by atoms with Gasteiger partial charge in [-0.1, -0.05) is 12.2 Å². The standard InChI is InChI=1S/C9H9BrFNOS/c10-7-5-6(11)1-2-8(7)13-4-3-9(12)14/h1-2,5H,3-4H2,(H2,12,14). The second kappa shape index (κ2) is 5.26. The third-order valence-electron chi connectivity index (χ3n) is 1.50. The Hall–Kier alpha value is -0.680. The van der Waals surface area contributed by atoms with Gasteiger partial charge < -0.3 is 10.5 Å². The lowest BCUT2D eigenvalue weighted by atomic mass is 10.3. The van der Waals surface area contributed by atoms with Crippen molar-refractivity contribution in [1.82, 2.24) is 0 Å². The van der Waals surface area contributed by atoms with Crippen LogP contribution in [0, 0.1) is 5.82 Å². The maximum Gasteiger partial charge on any atom is 0.133 e. The summed E-state index contributed by atoms with van der Waals surface area (Å²) in [7, 11) is 0. The molecule has 76 valence electrons. The van der Waals surface area contributed by atoms with E-state index in [9.17, 15) is 4.39 Å². The van der Waals surface area contributed by atoms with Gasteiger partial charge in [0.25, 0.3) is 0 Å². The summed E-state index contributed by atoms with van der Waals surface area (Å²) < 4.78 is 18.6. The maximum atomic E-state index is 12.7. The number of nitrogens with two attached hydrogens (primary N) is 1. The Morgan fingerprint density at radius 1 is 1.57 bits per heavy atom. The number of rotatable bonds is 4. The third-order valence-corrected chi connectivity index (χ3v) is 2.32. The molecule has 0 bridgehead atoms. The van der Waals surface area contributed by atoms with Crippen molar-refractivity contribution in [3.05, 3.63) is 28.5 Å². The molecule has 0 unspecified atom stereocenters. The van der Waals surface area contributed by atoms with Crippen LogP contribution >= 0.6 is 28.1 Å². The van der Waals surface area contributed by atoms with Crippen LogP contribution in [0.3, 0.4) is 0 Å². The molecule has 0 heterocycles. The van der Waals surface area contributed by atoms with Crippen LogP contribution in [0.4, 0.5) is 4.39 Å². The van der Waals surface area contributed by atoms with Crippen molar-refractivity contribution >= 4 is 33.1 Å². The summed E-state index contributed by atoms with van der Waals surface area (Å²) in [6.45, 7) is 0.402. The van der Waals surface area contributed by atoms with Crippen LogP contribution in [-0.2, 0) is 0 Å². The van der Waals surface area contributed by atoms with Crippen molar-refractivity contribution in [2.75, 3.05) is 6.61 Å². The first-order chi connectivity index (χ1) is 6.59. The van der Waals surface area contributed by atoms with Crippen molar-refractivity contribution in [3.63, 3.8) is 0 Å². The van der Waals surface area contributed by atoms with Crippen LogP contribution in [0.15, 0.2) is 22.7 Å². The van der Waals surface area contributed by atoms with E-state index in [1.165, 1.54) is 12.1 Å². The van der Waals surface area contributed by atoms with E-state index in [0.717, 1.165) is 0 Å². The normalized spacial score (nSPS) is 9.86. The highest BCUT2D eigenvalue weighted by Crippen LogP contribution is 2.25. The molecule has 0 radical (unpaired) electrons. The topological polar surface area (TPSA) is 35.2 Å². The Labute approximate surface area is 95.4 Å². The predicted octanol–water partition coefficient (Wildman–Crippen LogP) is 2.64. The maximum absolute atomic E-state index is 12.7. The average Bonchev–Trinajstić information content (AvgIpc) is 2.08. The van der Waals surface area contributed by atoms with Gasteiger partial charge in [-0.3, -0.25) is 0 Å². The Balaban J connectivity index is 2.55. The van der Waals surface area contributed by atoms with E-state index >= 15 is 0 Å². The lowest BCUT2D eigenvalue weighted by Crippen LogP contribution is -2.12. The smallest absolute Gasteiger partial charge is 0.133 e. The van der Waals surface area contributed by atoms with Crippen molar-refractivity contribution < 1.29 is 9.13 Å². The zero-order chi connectivity index (χ0) is 10.6. The Kier molecular flexibility index (Phi) is 4.28. The van der Waals surface area contributed by atoms with Crippen molar-refractivity contribution in [3.8, 4) is 5.75 Å². The molecule has 0 aliphatic carbocycles. The zero-order valence-corrected chi connectivity index (χ0v) is 9.70. The molecule has 0 amide bonds. The summed E-state index contributed by atoms with van der Waals surface area (Å²) in [5, 5.41) is 0. The zero-order valence-electron chi connectivity index (χ0n) is 7.30. The monoisotopic (exact) mass is 277 g/mol. The van der Waals surface area contributed by atoms with E-state index in [1.54, 1.807) is 6.07 Å². The number of halogens is 2. The predicted molar refractivity (Wildman–Crippen MR) is 61.0 cm³/mol. The summed E-state index contributed by atoms with van der Waals surface area (Å²) in [6, 6.07) is 4.23. The van der Waals surface area contributed by atoms with E-state index in [-0.39, 0.29) is 5.82 Å². The number of thiocarbonyl (C=S) groups is 1. The second-order valence-corrected chi connectivity index (χ2v) is 4.02. The Bertz CT molecular complexity index is 346. The first-order valence-corrected chi connectivity index (χ1v) is 5.16. The van der Waals surface area contributed by atoms with E-state index in [1.807, 2.05) is 0 Å². The molecule has 2 N–H and O–H groups in total. The second-order valence-electron chi connectivity index (χ2n) is 2.64. The number of ether oxygens (including phenoxy) is 1. The van der Waals surface area contributed by atoms with E-state index in [4.69, 9.17) is 22.7 Å². The van der Waals surface area contributed by atoms with Crippen molar-refractivity contribution in [2.24, 2.45) is 5.73 Å². The summed E-state index contributed by atoms with van der Waals surface area (Å²) in [5.74, 6) is 0.279. The highest BCUT2D eigenvalue weighted by molar-refractivity contribution is 9.10. The fourth-order valence-electron chi connectivity index (χ4n) is 0.854. The van der Waals surface area contributed by atoms with Crippen LogP contribution in [0.25, 0.3) is 0 Å². The molecule has 0 saturated heterocycles. The van der Waals surface area contributed by atoms with Crippen LogP contribution in [0.1, 0.15) is 6.42 Å². The largest absolute Gasteiger partial charge is 0.492 e. The van der Waals surface area contributed by atoms with Gasteiger partial charge in [-0.15, -0.1) is 0 Å². The van der Waals surface area contributed by atoms with Crippen LogP contribution in [0.2, 0.25) is 0 Å². The number of hydrogen-bond donors (Lipinski definition) is 1. The van der Waals surface area contributed by atoms with Gasteiger partial charge in [0.15, 0.2) is 0 Å². The molecule has 1 aromatic carbocycles. The quantitative estimate of drug-likeness (QED) is 0.860. The minimum absolute atomic E-state index is 0.307. The molecule has 5 heteroatoms. The molecule has 14 heavy (non-hydrogen) atoms. The van der Waals surface area contributed by atoms with Gasteiger partial charge in [0.2, 0.25) is 0 Å². The molecule has 1 aromatic rings. The van der Waals surface area contributed by atoms with Gasteiger partial charge in [0, 0.05) is 6.42 Å². The number of hydrogen-bond acceptors (Lipinski definition) is 2. The van der Waals surface area contributed by atoms with E-state index in [0.29, 0.717) is 28.2 Å². The SMILES string of the molecule is NC(=S)CCOc1ccc(F)cc1Br. The molecule has 0 aromatic heterocycles. The van der Waals surface area contributed by atoms with Crippen molar-refractivity contribution in [1.29, 1.82) is 0 Å². The molecule has 1 rings (SSSR count). The molecule has 0 atom stereocenters. The Morgan fingerprint density at radius 2 is 2.29 bits per heavy atom. The van der Waals surface area contributed by atoms with Gasteiger partial charge >= 0.3 is 0 Å². The lowest BCUT2D eigenvalue weighted by molar-refractivity contribution is 0.327. The van der Waals surface area contributed by atoms with Gasteiger partial charge in [0.05, 0.1) is 16.1 Å². The summed E-state index contributed by atoms with van der Waals surface area (Å²) in [5.41, 5.74) is 5.30. The summed E-state index contributed by atoms with van der Waals surface area (Å²) in [4.78, 5) is 0.406. The fourth-order valence-corrected chi connectivity index (χ4v) is 1.40. The van der Waals surface area contributed by atoms with E-state index in [2.05, 4.69) is 15.9 Å². The van der Waals surface area contributed by atoms with Gasteiger partial charge in [-0.2, -0.15) is 0 Å². The number of benzene rings is 1. The minimum Gasteiger partial charge on any atom is -0.492 e. The van der Waals surface area contributed by atoms with Gasteiger partial charge in [0.1, 0.15) is 11.6 Å². The van der Waals surface area contributed by atoms with Gasteiger partial charge in [-0.25, -0.2) is 4.39 Å². The molecule has 2 nitrogen and oxygen atoms in total. The van der Waals surface area contributed by atoms with Crippen LogP contribution < -0.4 is 10.5 Å². The van der Waals surface area contributed by atoms with Crippen molar-refractivity contribution in [2.45, 2.75) is 6.42 Å². The van der Waals surface area contributed by atoms with E-state index < -0.39 is 0 Å². The third kappa shape index (κ3) is 3.59. The molecular formula is C9H9BrFNOS. The molecule has 0 spiro atoms. The summed E-state index contributed by atoms with van der Waals surface area (Å²) in [6.07, 6.45) is 0.513. The average molecular weight is 278 g/mol. The first-order valence-electron chi connectivity index (χ1n) is 3.96. The highest BCUT2D eigenvalue weighted by Gasteiger charge is 2.02. The highest BCUT2D eigenvalue weighted by atomic mass is 79.9. The van der Waals surface area contributed by atoms with Crippen LogP contribution in [-0.4, -0.2) is 11.6 Å². The summed E-state index contributed by atoms with van der Waals surface area (Å²) >= 11 is 7.88. The molecule has 0 fully saturated rings. The lowest BCUT2D eigenvalue weighted by Gasteiger charge is -2.07. The molecular weight excluding hydrogens is 269 g/mol. The molecule has 0 aliphatic rings. The minimum atomic E-state index is -0.307. The van der Waals surface area contributed by atoms with Gasteiger partial charge in [-0.05, 0) is 34.1 Å². The first kappa shape index (κ1) is 11.4. The molecule has 0 aliphatic heterocycles. The van der Waals surface area contributed by atoms with Crippen LogP contribution in [0.5, 0.6) is 5.75 Å². The fraction of sp³-hybridized carbons (Fsp3) is 0.222.